The van der Waals surface area contributed by atoms with Crippen LogP contribution in [0.15, 0.2) is 4.79 Å². The van der Waals surface area contributed by atoms with Crippen LogP contribution in [0.3, 0.4) is 0 Å². The van der Waals surface area contributed by atoms with Gasteiger partial charge in [-0.3, -0.25) is 14.9 Å². The zero-order chi connectivity index (χ0) is 13.0. The summed E-state index contributed by atoms with van der Waals surface area (Å²) in [6.07, 6.45) is 3.05. The minimum absolute atomic E-state index is 0.460. The van der Waals surface area contributed by atoms with Crippen molar-refractivity contribution in [1.29, 1.82) is 0 Å². The van der Waals surface area contributed by atoms with Crippen LogP contribution >= 0.6 is 0 Å². The van der Waals surface area contributed by atoms with Gasteiger partial charge in [-0.25, -0.2) is 0 Å². The molecule has 0 atom stereocenters. The normalized spacial score (nSPS) is 13.3. The first-order valence-electron chi connectivity index (χ1n) is 5.72. The number of hydrogen-bond acceptors (Lipinski definition) is 4. The summed E-state index contributed by atoms with van der Waals surface area (Å²) in [5.74, 6) is -0.460. The first-order chi connectivity index (χ1) is 8.11. The molecule has 6 heteroatoms. The average Bonchev–Trinajstić information content (AvgIpc) is 2.31. The Bertz CT molecular complexity index is 479. The molecule has 1 aliphatic rings. The SMILES string of the molecule is CC.O=c1[nH]c2c(c(O)c1[N+](=O)[O-])CCCC2. The highest BCUT2D eigenvalue weighted by Gasteiger charge is 2.26. The largest absolute Gasteiger partial charge is 0.502 e. The summed E-state index contributed by atoms with van der Waals surface area (Å²) in [5, 5.41) is 20.2. The van der Waals surface area contributed by atoms with Crippen LogP contribution < -0.4 is 5.56 Å². The van der Waals surface area contributed by atoms with E-state index >= 15 is 0 Å². The van der Waals surface area contributed by atoms with Crippen LogP contribution in [-0.4, -0.2) is 15.0 Å². The summed E-state index contributed by atoms with van der Waals surface area (Å²) in [6, 6.07) is 0. The van der Waals surface area contributed by atoms with Crippen LogP contribution in [0.1, 0.15) is 37.9 Å². The monoisotopic (exact) mass is 240 g/mol. The Balaban J connectivity index is 0.000000686. The number of nitrogens with one attached hydrogen (secondary N) is 1. The van der Waals surface area contributed by atoms with E-state index in [4.69, 9.17) is 0 Å². The van der Waals surface area contributed by atoms with Crippen molar-refractivity contribution >= 4 is 5.69 Å². The smallest absolute Gasteiger partial charge is 0.375 e. The molecule has 1 aromatic heterocycles. The van der Waals surface area contributed by atoms with Crippen LogP contribution in [-0.2, 0) is 12.8 Å². The van der Waals surface area contributed by atoms with Gasteiger partial charge in [0.2, 0.25) is 5.75 Å². The zero-order valence-electron chi connectivity index (χ0n) is 9.95. The molecule has 17 heavy (non-hydrogen) atoms. The van der Waals surface area contributed by atoms with Gasteiger partial charge in [0.25, 0.3) is 0 Å². The fraction of sp³-hybridized carbons (Fsp3) is 0.545. The quantitative estimate of drug-likeness (QED) is 0.578. The third-order valence-corrected chi connectivity index (χ3v) is 2.64. The molecule has 0 radical (unpaired) electrons. The van der Waals surface area contributed by atoms with Gasteiger partial charge >= 0.3 is 11.2 Å². The summed E-state index contributed by atoms with van der Waals surface area (Å²) in [4.78, 5) is 23.5. The maximum Gasteiger partial charge on any atom is 0.375 e. The molecule has 0 fully saturated rings. The van der Waals surface area contributed by atoms with Crippen molar-refractivity contribution in [3.63, 3.8) is 0 Å². The fourth-order valence-corrected chi connectivity index (χ4v) is 1.92. The molecule has 0 amide bonds. The van der Waals surface area contributed by atoms with E-state index in [0.717, 1.165) is 12.8 Å². The number of fused-ring (bicyclic) bond motifs is 1. The van der Waals surface area contributed by atoms with Crippen molar-refractivity contribution in [1.82, 2.24) is 4.98 Å². The first-order valence-corrected chi connectivity index (χ1v) is 5.72. The molecular weight excluding hydrogens is 224 g/mol. The van der Waals surface area contributed by atoms with Gasteiger partial charge in [-0.1, -0.05) is 13.8 Å². The van der Waals surface area contributed by atoms with Gasteiger partial charge < -0.3 is 10.1 Å². The van der Waals surface area contributed by atoms with Gasteiger partial charge in [-0.05, 0) is 25.7 Å². The second-order valence-electron chi connectivity index (χ2n) is 3.57. The Labute approximate surface area is 98.4 Å². The van der Waals surface area contributed by atoms with Crippen molar-refractivity contribution in [2.75, 3.05) is 0 Å². The van der Waals surface area contributed by atoms with E-state index in [1.165, 1.54) is 0 Å². The molecule has 0 aromatic carbocycles. The molecule has 2 N–H and O–H groups in total. The number of aromatic nitrogens is 1. The van der Waals surface area contributed by atoms with Crippen molar-refractivity contribution in [3.05, 3.63) is 31.7 Å². The minimum Gasteiger partial charge on any atom is -0.502 e. The highest BCUT2D eigenvalue weighted by molar-refractivity contribution is 5.51. The molecule has 0 aliphatic heterocycles. The highest BCUT2D eigenvalue weighted by Crippen LogP contribution is 2.31. The molecule has 0 bridgehead atoms. The number of hydrogen-bond donors (Lipinski definition) is 2. The Morgan fingerprint density at radius 3 is 2.47 bits per heavy atom. The Morgan fingerprint density at radius 1 is 1.29 bits per heavy atom. The molecule has 1 heterocycles. The number of H-pyrrole nitrogens is 1. The van der Waals surface area contributed by atoms with Crippen LogP contribution in [0.5, 0.6) is 5.75 Å². The van der Waals surface area contributed by atoms with Crippen molar-refractivity contribution in [3.8, 4) is 5.75 Å². The molecule has 1 aliphatic carbocycles. The van der Waals surface area contributed by atoms with E-state index < -0.39 is 21.9 Å². The molecule has 0 saturated heterocycles. The summed E-state index contributed by atoms with van der Waals surface area (Å²) in [6.45, 7) is 4.00. The average molecular weight is 240 g/mol. The maximum absolute atomic E-state index is 11.3. The molecule has 94 valence electrons. The summed E-state index contributed by atoms with van der Waals surface area (Å²) in [7, 11) is 0. The number of aromatic hydroxyl groups is 1. The predicted octanol–water partition coefficient (Wildman–Crippen LogP) is 1.89. The lowest BCUT2D eigenvalue weighted by molar-refractivity contribution is -0.387. The van der Waals surface area contributed by atoms with Crippen LogP contribution in [0.25, 0.3) is 0 Å². The summed E-state index contributed by atoms with van der Waals surface area (Å²) in [5.41, 5.74) is -0.407. The number of aromatic amines is 1. The molecule has 0 saturated carbocycles. The number of nitro groups is 1. The minimum atomic E-state index is -0.844. The number of nitrogens with zero attached hydrogens (tertiary/aromatic N) is 1. The number of pyridine rings is 1. The van der Waals surface area contributed by atoms with E-state index in [0.29, 0.717) is 24.1 Å². The van der Waals surface area contributed by atoms with Gasteiger partial charge in [0.15, 0.2) is 0 Å². The molecule has 0 unspecified atom stereocenters. The zero-order valence-corrected chi connectivity index (χ0v) is 9.95. The first kappa shape index (κ1) is 13.2. The van der Waals surface area contributed by atoms with Crippen LogP contribution in [0, 0.1) is 10.1 Å². The fourth-order valence-electron chi connectivity index (χ4n) is 1.92. The standard InChI is InChI=1S/C9H10N2O4.C2H6/c12-8-5-3-1-2-4-6(5)10-9(13)7(8)11(14)15;1-2/h1-4H2,(H2,10,12,13);1-2H3. The van der Waals surface area contributed by atoms with Gasteiger partial charge in [0.05, 0.1) is 4.92 Å². The van der Waals surface area contributed by atoms with Crippen molar-refractivity contribution in [2.45, 2.75) is 39.5 Å². The van der Waals surface area contributed by atoms with Gasteiger partial charge in [-0.15, -0.1) is 0 Å². The van der Waals surface area contributed by atoms with E-state index in [2.05, 4.69) is 4.98 Å². The third kappa shape index (κ3) is 2.46. The maximum atomic E-state index is 11.3. The summed E-state index contributed by atoms with van der Waals surface area (Å²) < 4.78 is 0. The molecule has 0 spiro atoms. The second-order valence-corrected chi connectivity index (χ2v) is 3.57. The van der Waals surface area contributed by atoms with Crippen molar-refractivity contribution < 1.29 is 10.0 Å². The lowest BCUT2D eigenvalue weighted by Crippen LogP contribution is -2.18. The Hall–Kier alpha value is -1.85. The van der Waals surface area contributed by atoms with E-state index in [1.54, 1.807) is 0 Å². The molecule has 6 nitrogen and oxygen atoms in total. The van der Waals surface area contributed by atoms with E-state index in [9.17, 15) is 20.0 Å². The topological polar surface area (TPSA) is 96.2 Å². The number of rotatable bonds is 1. The van der Waals surface area contributed by atoms with Gasteiger partial charge in [0, 0.05) is 11.3 Å². The lowest BCUT2D eigenvalue weighted by atomic mass is 9.95. The van der Waals surface area contributed by atoms with Crippen LogP contribution in [0.2, 0.25) is 0 Å². The summed E-state index contributed by atoms with van der Waals surface area (Å²) >= 11 is 0. The Morgan fingerprint density at radius 2 is 1.88 bits per heavy atom. The lowest BCUT2D eigenvalue weighted by Gasteiger charge is -2.15. The predicted molar refractivity (Wildman–Crippen MR) is 63.4 cm³/mol. The van der Waals surface area contributed by atoms with E-state index in [-0.39, 0.29) is 0 Å². The molecule has 2 rings (SSSR count). The van der Waals surface area contributed by atoms with E-state index in [1.807, 2.05) is 13.8 Å². The van der Waals surface area contributed by atoms with Crippen LogP contribution in [0.4, 0.5) is 5.69 Å². The molecule has 1 aromatic rings. The Kier molecular flexibility index (Phi) is 4.25. The van der Waals surface area contributed by atoms with Gasteiger partial charge in [-0.2, -0.15) is 0 Å². The third-order valence-electron chi connectivity index (χ3n) is 2.64. The molecular formula is C11H16N2O4. The number of aryl methyl sites for hydroxylation is 1. The second kappa shape index (κ2) is 5.47. The highest BCUT2D eigenvalue weighted by atomic mass is 16.6. The van der Waals surface area contributed by atoms with Crippen molar-refractivity contribution in [2.24, 2.45) is 0 Å². The van der Waals surface area contributed by atoms with Gasteiger partial charge in [0.1, 0.15) is 0 Å².